The van der Waals surface area contributed by atoms with Crippen molar-refractivity contribution in [2.45, 2.75) is 25.3 Å². The molecule has 7 heteroatoms. The van der Waals surface area contributed by atoms with Gasteiger partial charge in [-0.05, 0) is 48.7 Å². The van der Waals surface area contributed by atoms with Crippen molar-refractivity contribution >= 4 is 18.3 Å². The Bertz CT molecular complexity index is 1110. The second-order valence-electron chi connectivity index (χ2n) is 8.11. The van der Waals surface area contributed by atoms with Gasteiger partial charge < -0.3 is 24.8 Å². The third-order valence-corrected chi connectivity index (χ3v) is 6.12. The highest BCUT2D eigenvalue weighted by Gasteiger charge is 2.26. The van der Waals surface area contributed by atoms with Crippen molar-refractivity contribution in [1.29, 1.82) is 0 Å². The molecule has 34 heavy (non-hydrogen) atoms. The SMILES string of the molecule is COc1ccc(C(=O)N2CCCC(c3ccccc3)C2)cc1Oc1cccc(OC)c1CN.Cl. The number of hydrogen-bond donors (Lipinski definition) is 1. The van der Waals surface area contributed by atoms with Crippen LogP contribution in [-0.2, 0) is 6.54 Å². The molecule has 0 aromatic heterocycles. The number of nitrogens with zero attached hydrogens (tertiary/aromatic N) is 1. The molecule has 1 aliphatic rings. The first kappa shape index (κ1) is 25.4. The van der Waals surface area contributed by atoms with E-state index in [1.54, 1.807) is 32.4 Å². The number of ether oxygens (including phenoxy) is 3. The molecule has 1 unspecified atom stereocenters. The molecular formula is C27H31ClN2O4. The highest BCUT2D eigenvalue weighted by atomic mass is 35.5. The van der Waals surface area contributed by atoms with Crippen LogP contribution in [0.3, 0.4) is 0 Å². The van der Waals surface area contributed by atoms with Crippen LogP contribution in [0.4, 0.5) is 0 Å². The summed E-state index contributed by atoms with van der Waals surface area (Å²) >= 11 is 0. The van der Waals surface area contributed by atoms with Crippen molar-refractivity contribution < 1.29 is 19.0 Å². The van der Waals surface area contributed by atoms with Crippen LogP contribution in [0.1, 0.15) is 40.2 Å². The Morgan fingerprint density at radius 1 is 0.941 bits per heavy atom. The molecule has 0 saturated carbocycles. The van der Waals surface area contributed by atoms with Gasteiger partial charge in [-0.1, -0.05) is 36.4 Å². The third-order valence-electron chi connectivity index (χ3n) is 6.12. The number of benzene rings is 3. The van der Waals surface area contributed by atoms with Crippen molar-refractivity contribution in [3.8, 4) is 23.0 Å². The molecule has 0 radical (unpaired) electrons. The second kappa shape index (κ2) is 11.8. The van der Waals surface area contributed by atoms with Crippen molar-refractivity contribution in [2.24, 2.45) is 5.73 Å². The van der Waals surface area contributed by atoms with Crippen molar-refractivity contribution in [1.82, 2.24) is 4.90 Å². The lowest BCUT2D eigenvalue weighted by atomic mass is 9.90. The van der Waals surface area contributed by atoms with Gasteiger partial charge in [0.15, 0.2) is 11.5 Å². The fourth-order valence-electron chi connectivity index (χ4n) is 4.38. The van der Waals surface area contributed by atoms with Crippen molar-refractivity contribution in [3.63, 3.8) is 0 Å². The first-order valence-electron chi connectivity index (χ1n) is 11.2. The Morgan fingerprint density at radius 2 is 1.68 bits per heavy atom. The summed E-state index contributed by atoms with van der Waals surface area (Å²) in [6.07, 6.45) is 2.07. The molecule has 180 valence electrons. The number of piperidine rings is 1. The first-order valence-corrected chi connectivity index (χ1v) is 11.2. The molecule has 1 aliphatic heterocycles. The number of rotatable bonds is 7. The maximum atomic E-state index is 13.4. The predicted molar refractivity (Wildman–Crippen MR) is 136 cm³/mol. The van der Waals surface area contributed by atoms with E-state index in [9.17, 15) is 4.79 Å². The van der Waals surface area contributed by atoms with Crippen LogP contribution in [-0.4, -0.2) is 38.1 Å². The summed E-state index contributed by atoms with van der Waals surface area (Å²) in [5.74, 6) is 2.57. The Labute approximate surface area is 207 Å². The molecule has 0 aliphatic carbocycles. The first-order chi connectivity index (χ1) is 16.1. The zero-order chi connectivity index (χ0) is 23.2. The van der Waals surface area contributed by atoms with Crippen molar-refractivity contribution in [3.05, 3.63) is 83.4 Å². The van der Waals surface area contributed by atoms with Crippen LogP contribution >= 0.6 is 12.4 Å². The largest absolute Gasteiger partial charge is 0.496 e. The van der Waals surface area contributed by atoms with E-state index in [0.29, 0.717) is 41.0 Å². The number of carbonyl (C=O) groups excluding carboxylic acids is 1. The standard InChI is InChI=1S/C27H30N2O4.ClH/c1-31-23-11-6-12-24(22(23)17-28)33-26-16-20(13-14-25(26)32-2)27(30)29-15-7-10-21(18-29)19-8-4-3-5-9-19;/h3-6,8-9,11-14,16,21H,7,10,15,17-18,28H2,1-2H3;1H. The van der Waals surface area contributed by atoms with Crippen LogP contribution < -0.4 is 19.9 Å². The summed E-state index contributed by atoms with van der Waals surface area (Å²) in [7, 11) is 3.17. The monoisotopic (exact) mass is 482 g/mol. The van der Waals surface area contributed by atoms with Gasteiger partial charge in [0.25, 0.3) is 5.91 Å². The minimum Gasteiger partial charge on any atom is -0.496 e. The van der Waals surface area contributed by atoms with Gasteiger partial charge in [-0.3, -0.25) is 4.79 Å². The van der Waals surface area contributed by atoms with E-state index in [-0.39, 0.29) is 24.9 Å². The van der Waals surface area contributed by atoms with E-state index in [1.165, 1.54) is 5.56 Å². The molecule has 3 aromatic carbocycles. The number of nitrogens with two attached hydrogens (primary N) is 1. The van der Waals surface area contributed by atoms with Gasteiger partial charge in [-0.25, -0.2) is 0 Å². The van der Waals surface area contributed by atoms with Gasteiger partial charge in [0, 0.05) is 31.1 Å². The average Bonchev–Trinajstić information content (AvgIpc) is 2.88. The number of hydrogen-bond acceptors (Lipinski definition) is 5. The van der Waals surface area contributed by atoms with Gasteiger partial charge in [0.1, 0.15) is 11.5 Å². The highest BCUT2D eigenvalue weighted by molar-refractivity contribution is 5.95. The minimum absolute atomic E-state index is 0. The van der Waals surface area contributed by atoms with E-state index >= 15 is 0 Å². The van der Waals surface area contributed by atoms with E-state index in [2.05, 4.69) is 24.3 Å². The lowest BCUT2D eigenvalue weighted by molar-refractivity contribution is 0.0706. The Kier molecular flexibility index (Phi) is 8.79. The summed E-state index contributed by atoms with van der Waals surface area (Å²) in [4.78, 5) is 15.3. The maximum Gasteiger partial charge on any atom is 0.254 e. The van der Waals surface area contributed by atoms with Crippen LogP contribution in [0.25, 0.3) is 0 Å². The normalized spacial score (nSPS) is 15.3. The Hall–Kier alpha value is -3.22. The number of amides is 1. The summed E-state index contributed by atoms with van der Waals surface area (Å²) < 4.78 is 17.1. The zero-order valence-electron chi connectivity index (χ0n) is 19.5. The maximum absolute atomic E-state index is 13.4. The molecule has 0 spiro atoms. The lowest BCUT2D eigenvalue weighted by Gasteiger charge is -2.33. The summed E-state index contributed by atoms with van der Waals surface area (Å²) in [5.41, 5.74) is 8.53. The molecular weight excluding hydrogens is 452 g/mol. The van der Waals surface area contributed by atoms with Crippen LogP contribution in [0.15, 0.2) is 66.7 Å². The second-order valence-corrected chi connectivity index (χ2v) is 8.11. The number of carbonyl (C=O) groups is 1. The summed E-state index contributed by atoms with van der Waals surface area (Å²) in [6.45, 7) is 1.71. The molecule has 1 atom stereocenters. The highest BCUT2D eigenvalue weighted by Crippen LogP contribution is 2.37. The predicted octanol–water partition coefficient (Wildman–Crippen LogP) is 5.40. The van der Waals surface area contributed by atoms with Crippen LogP contribution in [0.2, 0.25) is 0 Å². The fourth-order valence-corrected chi connectivity index (χ4v) is 4.38. The van der Waals surface area contributed by atoms with Gasteiger partial charge in [0.05, 0.1) is 19.8 Å². The zero-order valence-corrected chi connectivity index (χ0v) is 20.3. The van der Waals surface area contributed by atoms with E-state index in [0.717, 1.165) is 24.9 Å². The quantitative estimate of drug-likeness (QED) is 0.488. The Morgan fingerprint density at radius 3 is 2.38 bits per heavy atom. The third kappa shape index (κ3) is 5.46. The van der Waals surface area contributed by atoms with Crippen molar-refractivity contribution in [2.75, 3.05) is 27.3 Å². The molecule has 1 amide bonds. The molecule has 4 rings (SSSR count). The summed E-state index contributed by atoms with van der Waals surface area (Å²) in [6, 6.07) is 21.2. The smallest absolute Gasteiger partial charge is 0.254 e. The van der Waals surface area contributed by atoms with E-state index in [4.69, 9.17) is 19.9 Å². The molecule has 1 heterocycles. The topological polar surface area (TPSA) is 74.0 Å². The average molecular weight is 483 g/mol. The Balaban J connectivity index is 0.00000324. The van der Waals surface area contributed by atoms with E-state index < -0.39 is 0 Å². The molecule has 3 aromatic rings. The molecule has 6 nitrogen and oxygen atoms in total. The number of likely N-dealkylation sites (tertiary alicyclic amines) is 1. The molecule has 2 N–H and O–H groups in total. The number of methoxy groups -OCH3 is 2. The van der Waals surface area contributed by atoms with Gasteiger partial charge in [0.2, 0.25) is 0 Å². The lowest BCUT2D eigenvalue weighted by Crippen LogP contribution is -2.39. The van der Waals surface area contributed by atoms with Crippen LogP contribution in [0, 0.1) is 0 Å². The van der Waals surface area contributed by atoms with Gasteiger partial charge >= 0.3 is 0 Å². The molecule has 1 saturated heterocycles. The molecule has 1 fully saturated rings. The van der Waals surface area contributed by atoms with Gasteiger partial charge in [-0.15, -0.1) is 12.4 Å². The van der Waals surface area contributed by atoms with Crippen LogP contribution in [0.5, 0.6) is 23.0 Å². The molecule has 0 bridgehead atoms. The van der Waals surface area contributed by atoms with Gasteiger partial charge in [-0.2, -0.15) is 0 Å². The number of halogens is 1. The summed E-state index contributed by atoms with van der Waals surface area (Å²) in [5, 5.41) is 0. The fraction of sp³-hybridized carbons (Fsp3) is 0.296. The van der Waals surface area contributed by atoms with E-state index in [1.807, 2.05) is 29.2 Å². The minimum atomic E-state index is -0.00664.